The van der Waals surface area contributed by atoms with Gasteiger partial charge in [-0.2, -0.15) is 17.6 Å². The van der Waals surface area contributed by atoms with Crippen molar-refractivity contribution in [3.05, 3.63) is 93.2 Å². The molecule has 7 N–H and O–H groups in total. The summed E-state index contributed by atoms with van der Waals surface area (Å²) in [6.45, 7) is 0. The third-order valence-corrected chi connectivity index (χ3v) is 9.04. The van der Waals surface area contributed by atoms with Gasteiger partial charge in [0.2, 0.25) is 5.91 Å². The van der Waals surface area contributed by atoms with E-state index >= 15 is 0 Å². The molecule has 0 aliphatic carbocycles. The molecule has 0 spiro atoms. The molecule has 0 aliphatic heterocycles. The van der Waals surface area contributed by atoms with Crippen LogP contribution in [0.25, 0.3) is 0 Å². The van der Waals surface area contributed by atoms with E-state index in [2.05, 4.69) is 10.6 Å². The average Bonchev–Trinajstić information content (AvgIpc) is 3.47. The Morgan fingerprint density at radius 1 is 0.727 bits per heavy atom. The Kier molecular flexibility index (Phi) is 10.6. The second-order valence-corrected chi connectivity index (χ2v) is 13.6. The lowest BCUT2D eigenvalue weighted by Gasteiger charge is -2.22. The molecule has 0 bridgehead atoms. The fraction of sp³-hybridized carbons (Fsp3) is 0.240. The van der Waals surface area contributed by atoms with Crippen LogP contribution in [0.4, 0.5) is 17.6 Å². The minimum absolute atomic E-state index is 0.0868. The van der Waals surface area contributed by atoms with Gasteiger partial charge in [0.05, 0.1) is 4.88 Å². The first-order chi connectivity index (χ1) is 20.2. The summed E-state index contributed by atoms with van der Waals surface area (Å²) in [4.78, 5) is 73.7. The van der Waals surface area contributed by atoms with Gasteiger partial charge in [-0.05, 0) is 22.6 Å². The van der Waals surface area contributed by atoms with Gasteiger partial charge >= 0.3 is 32.5 Å². The summed E-state index contributed by atoms with van der Waals surface area (Å²) in [5.41, 5.74) is -10.8. The lowest BCUT2D eigenvalue weighted by Crippen LogP contribution is -2.53. The maximum Gasteiger partial charge on any atom is 0.399 e. The normalized spacial score (nSPS) is 14.0. The SMILES string of the molecule is O=C(NC(Cc1ccc(C(F)(F)P(=O)(O)O)cc1)C(=O)NC(Cc1ccc(C(F)(F)P(=O)(O)O)cc1)C(=O)O)c1cccs1. The smallest absolute Gasteiger partial charge is 0.399 e. The highest BCUT2D eigenvalue weighted by atomic mass is 32.1. The van der Waals surface area contributed by atoms with Crippen LogP contribution in [0.1, 0.15) is 31.9 Å². The van der Waals surface area contributed by atoms with E-state index in [9.17, 15) is 46.2 Å². The molecule has 238 valence electrons. The summed E-state index contributed by atoms with van der Waals surface area (Å²) in [6.07, 6.45) is -0.843. The fourth-order valence-corrected chi connectivity index (χ4v) is 5.41. The van der Waals surface area contributed by atoms with Crippen LogP contribution in [0.3, 0.4) is 0 Å². The maximum atomic E-state index is 14.0. The number of alkyl halides is 4. The molecule has 0 saturated heterocycles. The number of carbonyl (C=O) groups is 3. The zero-order chi connectivity index (χ0) is 33.1. The maximum absolute atomic E-state index is 14.0. The number of rotatable bonds is 13. The molecule has 19 heteroatoms. The first-order valence-corrected chi connectivity index (χ1v) is 16.3. The highest BCUT2D eigenvalue weighted by molar-refractivity contribution is 7.52. The minimum atomic E-state index is -5.85. The van der Waals surface area contributed by atoms with E-state index in [1.165, 1.54) is 6.07 Å². The predicted molar refractivity (Wildman–Crippen MR) is 147 cm³/mol. The Balaban J connectivity index is 1.83. The highest BCUT2D eigenvalue weighted by Crippen LogP contribution is 2.60. The fourth-order valence-electron chi connectivity index (χ4n) is 3.81. The number of nitrogens with one attached hydrogen (secondary N) is 2. The van der Waals surface area contributed by atoms with E-state index in [1.54, 1.807) is 11.4 Å². The molecule has 2 amide bonds. The first kappa shape index (κ1) is 35.1. The van der Waals surface area contributed by atoms with E-state index in [0.29, 0.717) is 12.1 Å². The van der Waals surface area contributed by atoms with Crippen molar-refractivity contribution < 1.29 is 65.8 Å². The molecular formula is C25H24F4N2O10P2S. The van der Waals surface area contributed by atoms with Gasteiger partial charge in [0.15, 0.2) is 0 Å². The van der Waals surface area contributed by atoms with Crippen LogP contribution < -0.4 is 10.6 Å². The van der Waals surface area contributed by atoms with Crippen molar-refractivity contribution in [3.8, 4) is 0 Å². The minimum Gasteiger partial charge on any atom is -0.480 e. The quantitative estimate of drug-likeness (QED) is 0.103. The molecule has 2 unspecified atom stereocenters. The van der Waals surface area contributed by atoms with Crippen LogP contribution in [-0.2, 0) is 42.9 Å². The van der Waals surface area contributed by atoms with E-state index < -0.39 is 73.9 Å². The van der Waals surface area contributed by atoms with E-state index in [0.717, 1.165) is 47.7 Å². The molecule has 1 aromatic heterocycles. The van der Waals surface area contributed by atoms with Crippen LogP contribution in [0.2, 0.25) is 0 Å². The molecule has 0 saturated carbocycles. The van der Waals surface area contributed by atoms with Crippen LogP contribution in [-0.4, -0.2) is 54.5 Å². The first-order valence-electron chi connectivity index (χ1n) is 12.2. The number of benzene rings is 2. The van der Waals surface area contributed by atoms with E-state index in [1.807, 2.05) is 0 Å². The number of hydrogen-bond donors (Lipinski definition) is 7. The van der Waals surface area contributed by atoms with Gasteiger partial charge in [-0.25, -0.2) is 4.79 Å². The van der Waals surface area contributed by atoms with Crippen LogP contribution in [0, 0.1) is 0 Å². The zero-order valence-corrected chi connectivity index (χ0v) is 24.6. The number of hydrogen-bond acceptors (Lipinski definition) is 6. The van der Waals surface area contributed by atoms with E-state index in [4.69, 9.17) is 19.6 Å². The molecule has 3 rings (SSSR count). The monoisotopic (exact) mass is 682 g/mol. The summed E-state index contributed by atoms with van der Waals surface area (Å²) in [7, 11) is -11.7. The molecule has 3 aromatic rings. The molecule has 2 aromatic carbocycles. The number of halogens is 4. The van der Waals surface area contributed by atoms with Crippen molar-refractivity contribution in [2.24, 2.45) is 0 Å². The molecule has 0 radical (unpaired) electrons. The summed E-state index contributed by atoms with van der Waals surface area (Å²) >= 11 is 1.03. The largest absolute Gasteiger partial charge is 0.480 e. The molecule has 1 heterocycles. The van der Waals surface area contributed by atoms with Crippen molar-refractivity contribution in [1.29, 1.82) is 0 Å². The summed E-state index contributed by atoms with van der Waals surface area (Å²) in [5, 5.41) is 15.9. The van der Waals surface area contributed by atoms with Crippen LogP contribution in [0.15, 0.2) is 66.0 Å². The third-order valence-electron chi connectivity index (χ3n) is 6.20. The molecule has 0 aliphatic rings. The van der Waals surface area contributed by atoms with Crippen LogP contribution >= 0.6 is 26.5 Å². The summed E-state index contributed by atoms with van der Waals surface area (Å²) in [5.74, 6) is -3.31. The Morgan fingerprint density at radius 2 is 1.16 bits per heavy atom. The lowest BCUT2D eigenvalue weighted by molar-refractivity contribution is -0.142. The third kappa shape index (κ3) is 8.18. The summed E-state index contributed by atoms with van der Waals surface area (Å²) < 4.78 is 78.2. The van der Waals surface area contributed by atoms with E-state index in [-0.39, 0.29) is 22.4 Å². The topological polar surface area (TPSA) is 211 Å². The van der Waals surface area contributed by atoms with Crippen molar-refractivity contribution in [1.82, 2.24) is 10.6 Å². The number of carboxylic acids is 1. The molecule has 12 nitrogen and oxygen atoms in total. The van der Waals surface area contributed by atoms with Gasteiger partial charge in [-0.3, -0.25) is 18.7 Å². The number of aliphatic carboxylic acids is 1. The van der Waals surface area contributed by atoms with Crippen molar-refractivity contribution >= 4 is 44.3 Å². The van der Waals surface area contributed by atoms with Gasteiger partial charge in [0.1, 0.15) is 12.1 Å². The Hall–Kier alpha value is -3.43. The van der Waals surface area contributed by atoms with Gasteiger partial charge in [0.25, 0.3) is 5.91 Å². The zero-order valence-electron chi connectivity index (χ0n) is 22.0. The second-order valence-electron chi connectivity index (χ2n) is 9.38. The van der Waals surface area contributed by atoms with Crippen molar-refractivity contribution in [2.75, 3.05) is 0 Å². The Labute approximate surface area is 250 Å². The van der Waals surface area contributed by atoms with Crippen molar-refractivity contribution in [2.45, 2.75) is 36.3 Å². The van der Waals surface area contributed by atoms with Crippen LogP contribution in [0.5, 0.6) is 0 Å². The lowest BCUT2D eigenvalue weighted by atomic mass is 10.0. The average molecular weight is 682 g/mol. The standard InChI is InChI=1S/C25H24F4N2O10P2S/c26-24(27,42(36,37)38)16-7-3-14(4-8-16)12-18(30-22(33)20-2-1-11-44-20)21(32)31-19(23(34)35)13-15-5-9-17(10-6-15)25(28,29)43(39,40)41/h1-11,18-19H,12-13H2,(H,30,33)(H,31,32)(H,34,35)(H2,36,37,38)(H2,39,40,41). The molecule has 2 atom stereocenters. The summed E-state index contributed by atoms with van der Waals surface area (Å²) in [6, 6.07) is 6.73. The van der Waals surface area contributed by atoms with Gasteiger partial charge in [-0.1, -0.05) is 54.6 Å². The van der Waals surface area contributed by atoms with Gasteiger partial charge < -0.3 is 35.3 Å². The van der Waals surface area contributed by atoms with Gasteiger partial charge in [0, 0.05) is 24.0 Å². The molecule has 44 heavy (non-hydrogen) atoms. The van der Waals surface area contributed by atoms with Gasteiger partial charge in [-0.15, -0.1) is 11.3 Å². The predicted octanol–water partition coefficient (Wildman–Crippen LogP) is 3.36. The second kappa shape index (κ2) is 13.3. The van der Waals surface area contributed by atoms with Crippen molar-refractivity contribution in [3.63, 3.8) is 0 Å². The molecule has 0 fully saturated rings. The number of carbonyl (C=O) groups excluding carboxylic acids is 2. The number of amides is 2. The number of carboxylic acid groups (broad SMARTS) is 1. The molecular weight excluding hydrogens is 658 g/mol. The highest BCUT2D eigenvalue weighted by Gasteiger charge is 2.51. The Morgan fingerprint density at radius 3 is 1.52 bits per heavy atom. The number of thiophene rings is 1. The Bertz CT molecular complexity index is 1590.